The van der Waals surface area contributed by atoms with Crippen LogP contribution in [-0.2, 0) is 6.42 Å². The first-order chi connectivity index (χ1) is 20.8. The average Bonchev–Trinajstić information content (AvgIpc) is 3.36. The second kappa shape index (κ2) is 13.1. The molecule has 0 fully saturated rings. The number of benzene rings is 3. The van der Waals surface area contributed by atoms with Gasteiger partial charge in [0.25, 0.3) is 5.91 Å². The molecule has 3 aromatic carbocycles. The van der Waals surface area contributed by atoms with Crippen molar-refractivity contribution in [1.82, 2.24) is 19.7 Å². The van der Waals surface area contributed by atoms with Crippen LogP contribution in [0.25, 0.3) is 5.69 Å². The molecular formula is C32H39FN8O3. The van der Waals surface area contributed by atoms with E-state index in [9.17, 15) is 9.59 Å². The molecular weight excluding hydrogens is 563 g/mol. The van der Waals surface area contributed by atoms with Gasteiger partial charge in [0.05, 0.1) is 17.9 Å². The zero-order chi connectivity index (χ0) is 32.2. The van der Waals surface area contributed by atoms with Gasteiger partial charge in [-0.1, -0.05) is 39.0 Å². The van der Waals surface area contributed by atoms with Crippen LogP contribution in [0, 0.1) is 16.6 Å². The zero-order valence-corrected chi connectivity index (χ0v) is 25.6. The number of halogens is 1. The maximum Gasteiger partial charge on any atom is 0.348 e. The summed E-state index contributed by atoms with van der Waals surface area (Å²) in [5, 5.41) is 15.5. The van der Waals surface area contributed by atoms with Crippen molar-refractivity contribution in [3.05, 3.63) is 105 Å². The van der Waals surface area contributed by atoms with Gasteiger partial charge in [0.2, 0.25) is 0 Å². The minimum absolute atomic E-state index is 0.0887. The summed E-state index contributed by atoms with van der Waals surface area (Å²) in [7, 11) is 3.94. The molecule has 12 heteroatoms. The van der Waals surface area contributed by atoms with E-state index in [1.165, 1.54) is 6.07 Å². The van der Waals surface area contributed by atoms with Gasteiger partial charge in [-0.15, -0.1) is 5.10 Å². The lowest BCUT2D eigenvalue weighted by atomic mass is 9.94. The van der Waals surface area contributed by atoms with Gasteiger partial charge in [-0.3, -0.25) is 15.2 Å². The van der Waals surface area contributed by atoms with Gasteiger partial charge in [-0.2, -0.15) is 4.68 Å². The monoisotopic (exact) mass is 602 g/mol. The fourth-order valence-electron chi connectivity index (χ4n) is 5.08. The van der Waals surface area contributed by atoms with Gasteiger partial charge >= 0.3 is 5.69 Å². The number of aromatic amines is 1. The highest BCUT2D eigenvalue weighted by atomic mass is 19.1. The molecule has 11 nitrogen and oxygen atoms in total. The third kappa shape index (κ3) is 7.32. The van der Waals surface area contributed by atoms with E-state index < -0.39 is 23.5 Å². The molecule has 0 bridgehead atoms. The number of hydrogen-bond acceptors (Lipinski definition) is 7. The zero-order valence-electron chi connectivity index (χ0n) is 25.6. The first-order valence-electron chi connectivity index (χ1n) is 14.2. The van der Waals surface area contributed by atoms with E-state index in [-0.39, 0.29) is 46.2 Å². The molecule has 44 heavy (non-hydrogen) atoms. The van der Waals surface area contributed by atoms with Crippen molar-refractivity contribution < 1.29 is 13.9 Å². The van der Waals surface area contributed by atoms with E-state index in [4.69, 9.17) is 21.6 Å². The molecule has 0 aliphatic carbocycles. The standard InChI is InChI=1S/C32H39FN8O3/c1-6-19-15-23(26(33)25(16-19)44-18-32(2,3)17-40(4)5)27(37-21-13-11-20(12-14-21)28(34)35)30-38-31(43)41(39-30)24-10-8-7-9-22(24)29(36)42/h7-16,27,37H,6,17-18H2,1-5H3,(H3,34,35)(H2,36,42)(H,38,39,43). The predicted octanol–water partition coefficient (Wildman–Crippen LogP) is 3.81. The Kier molecular flexibility index (Phi) is 9.53. The minimum Gasteiger partial charge on any atom is -0.490 e. The van der Waals surface area contributed by atoms with Crippen molar-refractivity contribution in [3.63, 3.8) is 0 Å². The molecule has 1 atom stereocenters. The molecule has 0 radical (unpaired) electrons. The van der Waals surface area contributed by atoms with Crippen LogP contribution in [-0.4, -0.2) is 58.7 Å². The number of hydrogen-bond donors (Lipinski definition) is 5. The van der Waals surface area contributed by atoms with Crippen molar-refractivity contribution in [2.75, 3.05) is 32.6 Å². The fraction of sp³-hybridized carbons (Fsp3) is 0.312. The Bertz CT molecular complexity index is 1710. The number of nitrogens with one attached hydrogen (secondary N) is 3. The molecule has 1 amide bonds. The maximum atomic E-state index is 16.4. The lowest BCUT2D eigenvalue weighted by molar-refractivity contribution is 0.1000. The lowest BCUT2D eigenvalue weighted by Crippen LogP contribution is -2.33. The van der Waals surface area contributed by atoms with Crippen molar-refractivity contribution in [2.24, 2.45) is 16.9 Å². The normalized spacial score (nSPS) is 12.2. The van der Waals surface area contributed by atoms with Crippen molar-refractivity contribution in [1.29, 1.82) is 5.41 Å². The summed E-state index contributed by atoms with van der Waals surface area (Å²) in [4.78, 5) is 30.1. The molecule has 4 aromatic rings. The molecule has 232 valence electrons. The number of carbonyl (C=O) groups excluding carboxylic acids is 1. The molecule has 0 saturated heterocycles. The Morgan fingerprint density at radius 3 is 2.45 bits per heavy atom. The molecule has 0 spiro atoms. The predicted molar refractivity (Wildman–Crippen MR) is 169 cm³/mol. The first-order valence-corrected chi connectivity index (χ1v) is 14.2. The van der Waals surface area contributed by atoms with Crippen LogP contribution in [0.5, 0.6) is 5.75 Å². The molecule has 1 heterocycles. The number of anilines is 1. The highest BCUT2D eigenvalue weighted by molar-refractivity contribution is 5.96. The van der Waals surface area contributed by atoms with E-state index in [0.29, 0.717) is 17.7 Å². The van der Waals surface area contributed by atoms with Crippen LogP contribution in [0.2, 0.25) is 0 Å². The SMILES string of the molecule is CCc1cc(OCC(C)(C)CN(C)C)c(F)c(C(Nc2ccc(C(=N)N)cc2)c2nn(-c3ccccc3C(N)=O)c(=O)[nH]2)c1. The Hall–Kier alpha value is -4.97. The molecule has 1 unspecified atom stereocenters. The molecule has 4 rings (SSSR count). The quantitative estimate of drug-likeness (QED) is 0.115. The van der Waals surface area contributed by atoms with Gasteiger partial charge in [0.1, 0.15) is 11.9 Å². The summed E-state index contributed by atoms with van der Waals surface area (Å²) in [5.41, 5.74) is 12.7. The number of carbonyl (C=O) groups is 1. The van der Waals surface area contributed by atoms with E-state index >= 15 is 4.39 Å². The lowest BCUT2D eigenvalue weighted by Gasteiger charge is -2.28. The maximum absolute atomic E-state index is 16.4. The van der Waals surface area contributed by atoms with Crippen molar-refractivity contribution >= 4 is 17.4 Å². The third-order valence-corrected chi connectivity index (χ3v) is 7.02. The van der Waals surface area contributed by atoms with E-state index in [1.807, 2.05) is 39.8 Å². The summed E-state index contributed by atoms with van der Waals surface area (Å²) < 4.78 is 23.5. The van der Waals surface area contributed by atoms with Gasteiger partial charge in [-0.25, -0.2) is 9.18 Å². The van der Waals surface area contributed by atoms with Crippen LogP contribution >= 0.6 is 0 Å². The number of aromatic nitrogens is 3. The van der Waals surface area contributed by atoms with E-state index in [0.717, 1.165) is 16.8 Å². The number of amidine groups is 1. The number of nitrogens with two attached hydrogens (primary N) is 2. The average molecular weight is 603 g/mol. The topological polar surface area (TPSA) is 168 Å². The van der Waals surface area contributed by atoms with Gasteiger partial charge in [0, 0.05) is 28.8 Å². The van der Waals surface area contributed by atoms with E-state index in [1.54, 1.807) is 54.6 Å². The molecule has 7 N–H and O–H groups in total. The number of nitrogens with zero attached hydrogens (tertiary/aromatic N) is 3. The second-order valence-corrected chi connectivity index (χ2v) is 11.7. The number of aryl methyl sites for hydroxylation is 1. The largest absolute Gasteiger partial charge is 0.490 e. The molecule has 0 aliphatic rings. The van der Waals surface area contributed by atoms with Crippen LogP contribution in [0.4, 0.5) is 10.1 Å². The summed E-state index contributed by atoms with van der Waals surface area (Å²) in [6, 6.07) is 15.5. The van der Waals surface area contributed by atoms with Crippen LogP contribution in [0.3, 0.4) is 0 Å². The van der Waals surface area contributed by atoms with Gasteiger partial charge in [0.15, 0.2) is 17.4 Å². The first kappa shape index (κ1) is 32.0. The summed E-state index contributed by atoms with van der Waals surface area (Å²) >= 11 is 0. The number of rotatable bonds is 13. The van der Waals surface area contributed by atoms with Crippen molar-refractivity contribution in [2.45, 2.75) is 33.2 Å². The minimum atomic E-state index is -0.989. The Labute approximate surface area is 255 Å². The highest BCUT2D eigenvalue weighted by Gasteiger charge is 2.28. The third-order valence-electron chi connectivity index (χ3n) is 7.02. The van der Waals surface area contributed by atoms with Crippen LogP contribution < -0.4 is 27.2 Å². The van der Waals surface area contributed by atoms with Crippen molar-refractivity contribution in [3.8, 4) is 11.4 Å². The number of ether oxygens (including phenoxy) is 1. The molecule has 0 aliphatic heterocycles. The number of nitrogen functional groups attached to an aromatic ring is 1. The Balaban J connectivity index is 1.84. The van der Waals surface area contributed by atoms with Crippen LogP contribution in [0.1, 0.15) is 59.7 Å². The number of H-pyrrole nitrogens is 1. The van der Waals surface area contributed by atoms with E-state index in [2.05, 4.69) is 15.4 Å². The highest BCUT2D eigenvalue weighted by Crippen LogP contribution is 2.34. The fourth-order valence-corrected chi connectivity index (χ4v) is 5.08. The van der Waals surface area contributed by atoms with Gasteiger partial charge < -0.3 is 26.4 Å². The Morgan fingerprint density at radius 2 is 1.84 bits per heavy atom. The molecule has 0 saturated carbocycles. The smallest absolute Gasteiger partial charge is 0.348 e. The van der Waals surface area contributed by atoms with Crippen LogP contribution in [0.15, 0.2) is 65.5 Å². The second-order valence-electron chi connectivity index (χ2n) is 11.7. The Morgan fingerprint density at radius 1 is 1.16 bits per heavy atom. The summed E-state index contributed by atoms with van der Waals surface area (Å²) in [5.74, 6) is -1.24. The number of primary amides is 1. The number of para-hydroxylation sites is 1. The molecule has 1 aromatic heterocycles. The summed E-state index contributed by atoms with van der Waals surface area (Å²) in [6.45, 7) is 7.06. The number of amides is 1. The summed E-state index contributed by atoms with van der Waals surface area (Å²) in [6.07, 6.45) is 0.599. The van der Waals surface area contributed by atoms with Gasteiger partial charge in [-0.05, 0) is 68.5 Å².